The molecule has 3 aliphatic rings. The van der Waals surface area contributed by atoms with E-state index in [0.717, 1.165) is 0 Å². The molecule has 0 aromatic heterocycles. The fourth-order valence-electron chi connectivity index (χ4n) is 9.66. The molecule has 9 rings (SSSR count). The standard InChI is InChI=1S/C51H51N/c1-51(2)49-33-26-43(42-20-18-39(19-21-42)36-12-6-3-7-13-36)34-48(49)47-32-31-46(35-50(47)51)52(44-27-22-40(23-28-44)37-14-8-4-9-15-37)45-29-24-41(25-30-45)38-16-10-5-11-17-38/h3,6-7,12-13,18-35,37-38H,4-5,8-11,14-17H2,1-2H3. The van der Waals surface area contributed by atoms with E-state index in [4.69, 9.17) is 0 Å². The highest BCUT2D eigenvalue weighted by Crippen LogP contribution is 2.52. The predicted octanol–water partition coefficient (Wildman–Crippen LogP) is 14.9. The van der Waals surface area contributed by atoms with Crippen molar-refractivity contribution in [2.45, 2.75) is 95.3 Å². The van der Waals surface area contributed by atoms with Crippen LogP contribution < -0.4 is 4.90 Å². The van der Waals surface area contributed by atoms with Crippen LogP contribution in [-0.2, 0) is 5.41 Å². The molecule has 0 atom stereocenters. The van der Waals surface area contributed by atoms with Gasteiger partial charge in [0.05, 0.1) is 0 Å². The van der Waals surface area contributed by atoms with Gasteiger partial charge in [0, 0.05) is 22.5 Å². The molecular weight excluding hydrogens is 627 g/mol. The molecule has 260 valence electrons. The second-order valence-corrected chi connectivity index (χ2v) is 16.2. The summed E-state index contributed by atoms with van der Waals surface area (Å²) in [5.74, 6) is 1.41. The van der Waals surface area contributed by atoms with Crippen molar-refractivity contribution in [1.29, 1.82) is 0 Å². The highest BCUT2D eigenvalue weighted by Gasteiger charge is 2.36. The number of hydrogen-bond acceptors (Lipinski definition) is 1. The van der Waals surface area contributed by atoms with E-state index in [9.17, 15) is 0 Å². The van der Waals surface area contributed by atoms with E-state index < -0.39 is 0 Å². The van der Waals surface area contributed by atoms with Crippen molar-refractivity contribution in [3.63, 3.8) is 0 Å². The van der Waals surface area contributed by atoms with E-state index in [1.54, 1.807) is 0 Å². The van der Waals surface area contributed by atoms with Gasteiger partial charge in [0.15, 0.2) is 0 Å². The summed E-state index contributed by atoms with van der Waals surface area (Å²) in [6.45, 7) is 4.80. The van der Waals surface area contributed by atoms with E-state index >= 15 is 0 Å². The third kappa shape index (κ3) is 6.19. The van der Waals surface area contributed by atoms with Crippen LogP contribution >= 0.6 is 0 Å². The largest absolute Gasteiger partial charge is 0.310 e. The first-order valence-electron chi connectivity index (χ1n) is 20.0. The zero-order chi connectivity index (χ0) is 35.1. The van der Waals surface area contributed by atoms with Gasteiger partial charge in [0.1, 0.15) is 0 Å². The first-order valence-corrected chi connectivity index (χ1v) is 20.0. The Labute approximate surface area is 311 Å². The molecule has 2 fully saturated rings. The Hall–Kier alpha value is -4.88. The second kappa shape index (κ2) is 13.9. The molecule has 0 bridgehead atoms. The quantitative estimate of drug-likeness (QED) is 0.163. The minimum atomic E-state index is -0.0995. The molecule has 0 N–H and O–H groups in total. The zero-order valence-corrected chi connectivity index (χ0v) is 31.0. The highest BCUT2D eigenvalue weighted by atomic mass is 15.1. The molecule has 0 heterocycles. The van der Waals surface area contributed by atoms with Gasteiger partial charge in [-0.25, -0.2) is 0 Å². The van der Waals surface area contributed by atoms with Gasteiger partial charge in [-0.15, -0.1) is 0 Å². The monoisotopic (exact) mass is 677 g/mol. The Morgan fingerprint density at radius 3 is 1.44 bits per heavy atom. The molecule has 52 heavy (non-hydrogen) atoms. The Balaban J connectivity index is 1.07. The third-order valence-corrected chi connectivity index (χ3v) is 12.7. The van der Waals surface area contributed by atoms with Crippen molar-refractivity contribution >= 4 is 17.1 Å². The van der Waals surface area contributed by atoms with Crippen molar-refractivity contribution in [2.75, 3.05) is 4.90 Å². The smallest absolute Gasteiger partial charge is 0.0465 e. The Morgan fingerprint density at radius 2 is 0.885 bits per heavy atom. The molecule has 0 spiro atoms. The molecule has 0 amide bonds. The summed E-state index contributed by atoms with van der Waals surface area (Å²) in [4.78, 5) is 2.49. The van der Waals surface area contributed by atoms with Crippen LogP contribution in [-0.4, -0.2) is 0 Å². The molecule has 0 radical (unpaired) electrons. The lowest BCUT2D eigenvalue weighted by molar-refractivity contribution is 0.443. The number of hydrogen-bond donors (Lipinski definition) is 0. The normalized spacial score (nSPS) is 17.0. The lowest BCUT2D eigenvalue weighted by Gasteiger charge is -2.29. The SMILES string of the molecule is CC1(C)c2ccc(-c3ccc(-c4ccccc4)cc3)cc2-c2ccc(N(c3ccc(C4CCCCC4)cc3)c3ccc(C4CCCCC4)cc3)cc21. The van der Waals surface area contributed by atoms with Crippen LogP contribution in [0.25, 0.3) is 33.4 Å². The fraction of sp³-hybridized carbons (Fsp3) is 0.294. The van der Waals surface area contributed by atoms with Crippen LogP contribution in [0.15, 0.2) is 140 Å². The van der Waals surface area contributed by atoms with Gasteiger partial charge in [0.2, 0.25) is 0 Å². The van der Waals surface area contributed by atoms with Crippen molar-refractivity contribution in [3.8, 4) is 33.4 Å². The van der Waals surface area contributed by atoms with Crippen LogP contribution in [0.4, 0.5) is 17.1 Å². The average molecular weight is 678 g/mol. The first-order chi connectivity index (χ1) is 25.5. The summed E-state index contributed by atoms with van der Waals surface area (Å²) in [6, 6.07) is 53.2. The van der Waals surface area contributed by atoms with Gasteiger partial charge in [-0.1, -0.05) is 149 Å². The van der Waals surface area contributed by atoms with Crippen molar-refractivity contribution < 1.29 is 0 Å². The molecule has 3 aliphatic carbocycles. The maximum Gasteiger partial charge on any atom is 0.0465 e. The molecule has 0 aliphatic heterocycles. The Bertz CT molecular complexity index is 2080. The van der Waals surface area contributed by atoms with Gasteiger partial charge in [-0.05, 0) is 136 Å². The summed E-state index contributed by atoms with van der Waals surface area (Å²) in [6.07, 6.45) is 13.5. The van der Waals surface area contributed by atoms with Crippen molar-refractivity contribution in [1.82, 2.24) is 0 Å². The summed E-state index contributed by atoms with van der Waals surface area (Å²) < 4.78 is 0. The Morgan fingerprint density at radius 1 is 0.404 bits per heavy atom. The summed E-state index contributed by atoms with van der Waals surface area (Å²) in [7, 11) is 0. The number of benzene rings is 6. The molecule has 6 aromatic carbocycles. The highest BCUT2D eigenvalue weighted by molar-refractivity contribution is 5.88. The number of anilines is 3. The van der Waals surface area contributed by atoms with E-state index in [2.05, 4.69) is 158 Å². The molecule has 1 nitrogen and oxygen atoms in total. The second-order valence-electron chi connectivity index (χ2n) is 16.2. The molecule has 0 unspecified atom stereocenters. The van der Waals surface area contributed by atoms with Crippen molar-refractivity contribution in [3.05, 3.63) is 162 Å². The molecule has 0 saturated heterocycles. The minimum absolute atomic E-state index is 0.0995. The van der Waals surface area contributed by atoms with E-state index in [1.807, 2.05) is 0 Å². The fourth-order valence-corrected chi connectivity index (χ4v) is 9.66. The topological polar surface area (TPSA) is 3.24 Å². The van der Waals surface area contributed by atoms with Gasteiger partial charge in [-0.2, -0.15) is 0 Å². The van der Waals surface area contributed by atoms with Crippen LogP contribution in [0.2, 0.25) is 0 Å². The van der Waals surface area contributed by atoms with Gasteiger partial charge < -0.3 is 4.90 Å². The minimum Gasteiger partial charge on any atom is -0.310 e. The molecular formula is C51H51N. The van der Waals surface area contributed by atoms with Gasteiger partial charge in [0.25, 0.3) is 0 Å². The van der Waals surface area contributed by atoms with E-state index in [0.29, 0.717) is 11.8 Å². The predicted molar refractivity (Wildman–Crippen MR) is 221 cm³/mol. The van der Waals surface area contributed by atoms with E-state index in [-0.39, 0.29) is 5.41 Å². The maximum atomic E-state index is 2.49. The van der Waals surface area contributed by atoms with Crippen LogP contribution in [0.5, 0.6) is 0 Å². The van der Waals surface area contributed by atoms with Crippen molar-refractivity contribution in [2.24, 2.45) is 0 Å². The average Bonchev–Trinajstić information content (AvgIpc) is 3.44. The molecule has 6 aromatic rings. The molecule has 1 heteroatoms. The number of nitrogens with zero attached hydrogens (tertiary/aromatic N) is 1. The zero-order valence-electron chi connectivity index (χ0n) is 31.0. The lowest BCUT2D eigenvalue weighted by atomic mass is 9.82. The third-order valence-electron chi connectivity index (χ3n) is 12.7. The lowest BCUT2D eigenvalue weighted by Crippen LogP contribution is -2.16. The number of rotatable bonds is 7. The maximum absolute atomic E-state index is 2.49. The first kappa shape index (κ1) is 33.0. The van der Waals surface area contributed by atoms with E-state index in [1.165, 1.54) is 137 Å². The van der Waals surface area contributed by atoms with Crippen LogP contribution in [0, 0.1) is 0 Å². The summed E-state index contributed by atoms with van der Waals surface area (Å²) in [5.41, 5.74) is 17.2. The van der Waals surface area contributed by atoms with Gasteiger partial charge >= 0.3 is 0 Å². The van der Waals surface area contributed by atoms with Gasteiger partial charge in [-0.3, -0.25) is 0 Å². The number of fused-ring (bicyclic) bond motifs is 3. The molecule has 2 saturated carbocycles. The van der Waals surface area contributed by atoms with Crippen LogP contribution in [0.1, 0.15) is 112 Å². The summed E-state index contributed by atoms with van der Waals surface area (Å²) in [5, 5.41) is 0. The van der Waals surface area contributed by atoms with Crippen LogP contribution in [0.3, 0.4) is 0 Å². The Kier molecular flexibility index (Phi) is 8.83. The summed E-state index contributed by atoms with van der Waals surface area (Å²) >= 11 is 0.